The van der Waals surface area contributed by atoms with E-state index in [4.69, 9.17) is 4.74 Å². The molecule has 0 fully saturated rings. The highest BCUT2D eigenvalue weighted by Crippen LogP contribution is 2.18. The van der Waals surface area contributed by atoms with Gasteiger partial charge in [-0.15, -0.1) is 0 Å². The summed E-state index contributed by atoms with van der Waals surface area (Å²) in [5.41, 5.74) is 1.35. The van der Waals surface area contributed by atoms with E-state index in [2.05, 4.69) is 20.4 Å². The molecule has 3 rings (SSSR count). The molecule has 0 saturated carbocycles. The summed E-state index contributed by atoms with van der Waals surface area (Å²) in [4.78, 5) is 20.7. The van der Waals surface area contributed by atoms with Gasteiger partial charge < -0.3 is 10.1 Å². The van der Waals surface area contributed by atoms with Crippen LogP contribution in [0.5, 0.6) is 5.75 Å². The van der Waals surface area contributed by atoms with Gasteiger partial charge in [0.2, 0.25) is 0 Å². The number of nitrogens with zero attached hydrogens (tertiary/aromatic N) is 4. The lowest BCUT2D eigenvalue weighted by Crippen LogP contribution is -2.30. The fraction of sp³-hybridized carbons (Fsp3) is 0.222. The van der Waals surface area contributed by atoms with Crippen molar-refractivity contribution in [3.05, 3.63) is 72.6 Å². The summed E-state index contributed by atoms with van der Waals surface area (Å²) in [5.74, 6) is 0.352. The van der Waals surface area contributed by atoms with Crippen LogP contribution in [0.25, 0.3) is 0 Å². The van der Waals surface area contributed by atoms with Crippen molar-refractivity contribution in [3.8, 4) is 5.75 Å². The molecule has 25 heavy (non-hydrogen) atoms. The number of ether oxygens (including phenoxy) is 1. The average molecular weight is 337 g/mol. The molecular formula is C18H19N5O2. The third kappa shape index (κ3) is 4.41. The van der Waals surface area contributed by atoms with Gasteiger partial charge in [-0.3, -0.25) is 14.5 Å². The molecule has 7 nitrogen and oxygen atoms in total. The Balaban J connectivity index is 1.75. The number of benzene rings is 1. The van der Waals surface area contributed by atoms with Crippen LogP contribution in [0.2, 0.25) is 0 Å². The van der Waals surface area contributed by atoms with Crippen LogP contribution in [0.3, 0.4) is 0 Å². The van der Waals surface area contributed by atoms with Gasteiger partial charge in [0.15, 0.2) is 0 Å². The molecule has 3 aromatic rings. The summed E-state index contributed by atoms with van der Waals surface area (Å²) in [6.07, 6.45) is 5.40. The molecule has 0 radical (unpaired) electrons. The smallest absolute Gasteiger partial charge is 0.270 e. The van der Waals surface area contributed by atoms with Crippen LogP contribution >= 0.6 is 0 Å². The number of rotatable bonds is 7. The minimum atomic E-state index is -0.244. The molecule has 1 aromatic carbocycles. The van der Waals surface area contributed by atoms with Gasteiger partial charge in [0.25, 0.3) is 5.91 Å². The van der Waals surface area contributed by atoms with Crippen molar-refractivity contribution in [1.29, 1.82) is 0 Å². The predicted octanol–water partition coefficient (Wildman–Crippen LogP) is 2.24. The number of pyridine rings is 1. The number of aryl methyl sites for hydroxylation is 1. The van der Waals surface area contributed by atoms with E-state index in [0.29, 0.717) is 24.4 Å². The number of amides is 1. The monoisotopic (exact) mass is 337 g/mol. The number of hydrogen-bond donors (Lipinski definition) is 1. The van der Waals surface area contributed by atoms with E-state index < -0.39 is 0 Å². The van der Waals surface area contributed by atoms with Crippen molar-refractivity contribution in [2.75, 3.05) is 7.11 Å². The molecular weight excluding hydrogens is 318 g/mol. The van der Waals surface area contributed by atoms with E-state index in [0.717, 1.165) is 5.56 Å². The molecule has 1 amide bonds. The first kappa shape index (κ1) is 16.6. The largest absolute Gasteiger partial charge is 0.497 e. The molecule has 1 atom stereocenters. The Kier molecular flexibility index (Phi) is 5.36. The van der Waals surface area contributed by atoms with E-state index in [9.17, 15) is 4.79 Å². The van der Waals surface area contributed by atoms with Crippen LogP contribution < -0.4 is 10.1 Å². The lowest BCUT2D eigenvalue weighted by Gasteiger charge is -2.19. The van der Waals surface area contributed by atoms with Crippen LogP contribution in [-0.2, 0) is 6.54 Å². The van der Waals surface area contributed by atoms with Crippen molar-refractivity contribution >= 4 is 5.91 Å². The molecule has 2 heterocycles. The second kappa shape index (κ2) is 8.05. The molecule has 0 spiro atoms. The topological polar surface area (TPSA) is 81.9 Å². The van der Waals surface area contributed by atoms with Gasteiger partial charge in [0, 0.05) is 18.8 Å². The van der Waals surface area contributed by atoms with Crippen LogP contribution in [0.4, 0.5) is 0 Å². The Hall–Kier alpha value is -3.22. The highest BCUT2D eigenvalue weighted by Gasteiger charge is 2.17. The fourth-order valence-corrected chi connectivity index (χ4v) is 2.51. The van der Waals surface area contributed by atoms with Gasteiger partial charge in [-0.25, -0.2) is 4.98 Å². The number of nitrogens with one attached hydrogen (secondary N) is 1. The zero-order chi connectivity index (χ0) is 17.5. The van der Waals surface area contributed by atoms with E-state index in [-0.39, 0.29) is 11.9 Å². The Labute approximate surface area is 145 Å². The van der Waals surface area contributed by atoms with Gasteiger partial charge in [-0.05, 0) is 18.1 Å². The van der Waals surface area contributed by atoms with Crippen molar-refractivity contribution in [2.24, 2.45) is 0 Å². The third-order valence-corrected chi connectivity index (χ3v) is 3.82. The van der Waals surface area contributed by atoms with E-state index in [1.165, 1.54) is 6.33 Å². The first-order valence-corrected chi connectivity index (χ1v) is 7.94. The molecule has 2 aromatic heterocycles. The summed E-state index contributed by atoms with van der Waals surface area (Å²) < 4.78 is 6.89. The van der Waals surface area contributed by atoms with E-state index in [1.54, 1.807) is 36.4 Å². The maximum atomic E-state index is 12.6. The number of methoxy groups -OCH3 is 1. The number of hydrogen-bond acceptors (Lipinski definition) is 5. The average Bonchev–Trinajstić information content (AvgIpc) is 3.19. The van der Waals surface area contributed by atoms with Gasteiger partial charge in [-0.2, -0.15) is 5.10 Å². The first-order chi connectivity index (χ1) is 12.3. The molecule has 1 N–H and O–H groups in total. The van der Waals surface area contributed by atoms with Crippen LogP contribution in [0, 0.1) is 0 Å². The maximum Gasteiger partial charge on any atom is 0.270 e. The van der Waals surface area contributed by atoms with Gasteiger partial charge >= 0.3 is 0 Å². The van der Waals surface area contributed by atoms with Gasteiger partial charge in [0.1, 0.15) is 24.1 Å². The predicted molar refractivity (Wildman–Crippen MR) is 92.1 cm³/mol. The molecule has 0 unspecified atom stereocenters. The quantitative estimate of drug-likeness (QED) is 0.715. The molecule has 7 heteroatoms. The summed E-state index contributed by atoms with van der Waals surface area (Å²) >= 11 is 0. The third-order valence-electron chi connectivity index (χ3n) is 3.82. The van der Waals surface area contributed by atoms with E-state index >= 15 is 0 Å². The van der Waals surface area contributed by atoms with Crippen LogP contribution in [0.15, 0.2) is 61.3 Å². The SMILES string of the molecule is COc1ccnc(C(=O)N[C@H](CCn2cncn2)c2ccccc2)c1. The number of aromatic nitrogens is 4. The molecule has 0 aliphatic heterocycles. The zero-order valence-electron chi connectivity index (χ0n) is 13.9. The second-order valence-electron chi connectivity index (χ2n) is 5.46. The van der Waals surface area contributed by atoms with Crippen molar-refractivity contribution < 1.29 is 9.53 Å². The number of carbonyl (C=O) groups excluding carboxylic acids is 1. The standard InChI is InChI=1S/C18H19N5O2/c1-25-15-7-9-20-17(11-15)18(24)22-16(14-5-3-2-4-6-14)8-10-23-13-19-12-21-23/h2-7,9,11-13,16H,8,10H2,1H3,(H,22,24)/t16-/m1/s1. The first-order valence-electron chi connectivity index (χ1n) is 7.94. The molecule has 0 aliphatic carbocycles. The molecule has 0 saturated heterocycles. The minimum absolute atomic E-state index is 0.161. The lowest BCUT2D eigenvalue weighted by atomic mass is 10.0. The number of carbonyl (C=O) groups is 1. The minimum Gasteiger partial charge on any atom is -0.497 e. The zero-order valence-corrected chi connectivity index (χ0v) is 13.9. The van der Waals surface area contributed by atoms with Crippen LogP contribution in [0.1, 0.15) is 28.5 Å². The van der Waals surface area contributed by atoms with Crippen molar-refractivity contribution in [1.82, 2.24) is 25.1 Å². The lowest BCUT2D eigenvalue weighted by molar-refractivity contribution is 0.0928. The maximum absolute atomic E-state index is 12.6. The summed E-state index contributed by atoms with van der Waals surface area (Å²) in [6.45, 7) is 0.644. The second-order valence-corrected chi connectivity index (χ2v) is 5.46. The van der Waals surface area contributed by atoms with Crippen LogP contribution in [-0.4, -0.2) is 32.8 Å². The van der Waals surface area contributed by atoms with E-state index in [1.807, 2.05) is 30.3 Å². The Morgan fingerprint density at radius 3 is 2.84 bits per heavy atom. The highest BCUT2D eigenvalue weighted by molar-refractivity contribution is 5.92. The fourth-order valence-electron chi connectivity index (χ4n) is 2.51. The van der Waals surface area contributed by atoms with Gasteiger partial charge in [0.05, 0.1) is 13.2 Å². The Morgan fingerprint density at radius 1 is 1.28 bits per heavy atom. The summed E-state index contributed by atoms with van der Waals surface area (Å²) in [7, 11) is 1.56. The normalized spacial score (nSPS) is 11.7. The highest BCUT2D eigenvalue weighted by atomic mass is 16.5. The Morgan fingerprint density at radius 2 is 2.12 bits per heavy atom. The Bertz CT molecular complexity index is 805. The molecule has 0 aliphatic rings. The summed E-state index contributed by atoms with van der Waals surface area (Å²) in [6, 6.07) is 13.0. The van der Waals surface area contributed by atoms with Crippen molar-refractivity contribution in [2.45, 2.75) is 19.0 Å². The summed E-state index contributed by atoms with van der Waals surface area (Å²) in [5, 5.41) is 7.15. The van der Waals surface area contributed by atoms with Gasteiger partial charge in [-0.1, -0.05) is 30.3 Å². The molecule has 0 bridgehead atoms. The van der Waals surface area contributed by atoms with Crippen molar-refractivity contribution in [3.63, 3.8) is 0 Å². The molecule has 128 valence electrons.